The molecule has 1 aromatic rings. The SMILES string of the molecule is O=C(O)C1=CN(c2ccccc2)CC=C1. The molecule has 0 aliphatic carbocycles. The first-order chi connectivity index (χ1) is 7.27. The topological polar surface area (TPSA) is 40.5 Å². The molecule has 3 nitrogen and oxygen atoms in total. The molecule has 0 saturated heterocycles. The van der Waals surface area contributed by atoms with Crippen LogP contribution in [0.4, 0.5) is 5.69 Å². The highest BCUT2D eigenvalue weighted by Gasteiger charge is 2.11. The van der Waals surface area contributed by atoms with Gasteiger partial charge in [-0.2, -0.15) is 0 Å². The number of aliphatic carboxylic acids is 1. The molecule has 0 bridgehead atoms. The molecule has 3 heteroatoms. The summed E-state index contributed by atoms with van der Waals surface area (Å²) in [5.41, 5.74) is 1.31. The highest BCUT2D eigenvalue weighted by molar-refractivity contribution is 5.90. The summed E-state index contributed by atoms with van der Waals surface area (Å²) in [5, 5.41) is 8.86. The van der Waals surface area contributed by atoms with Gasteiger partial charge in [-0.05, 0) is 18.2 Å². The number of carboxylic acid groups (broad SMARTS) is 1. The van der Waals surface area contributed by atoms with E-state index in [9.17, 15) is 4.79 Å². The standard InChI is InChI=1S/C12H11NO2/c14-12(15)10-5-4-8-13(9-10)11-6-2-1-3-7-11/h1-7,9H,8H2,(H,14,15). The normalized spacial score (nSPS) is 14.9. The van der Waals surface area contributed by atoms with Crippen molar-refractivity contribution in [2.24, 2.45) is 0 Å². The molecule has 1 aliphatic rings. The molecule has 0 atom stereocenters. The number of hydrogen-bond donors (Lipinski definition) is 1. The average molecular weight is 201 g/mol. The highest BCUT2D eigenvalue weighted by atomic mass is 16.4. The van der Waals surface area contributed by atoms with Gasteiger partial charge in [-0.1, -0.05) is 24.3 Å². The molecule has 15 heavy (non-hydrogen) atoms. The van der Waals surface area contributed by atoms with Crippen LogP contribution in [0, 0.1) is 0 Å². The number of anilines is 1. The zero-order chi connectivity index (χ0) is 10.7. The summed E-state index contributed by atoms with van der Waals surface area (Å²) in [7, 11) is 0. The van der Waals surface area contributed by atoms with Crippen molar-refractivity contribution in [1.29, 1.82) is 0 Å². The molecule has 1 N–H and O–H groups in total. The minimum absolute atomic E-state index is 0.310. The molecule has 1 heterocycles. The molecule has 0 radical (unpaired) electrons. The van der Waals surface area contributed by atoms with Crippen molar-refractivity contribution in [2.75, 3.05) is 11.4 Å². The number of rotatable bonds is 2. The maximum Gasteiger partial charge on any atom is 0.337 e. The Labute approximate surface area is 88.0 Å². The van der Waals surface area contributed by atoms with Crippen molar-refractivity contribution in [2.45, 2.75) is 0 Å². The van der Waals surface area contributed by atoms with Gasteiger partial charge in [0.25, 0.3) is 0 Å². The lowest BCUT2D eigenvalue weighted by Gasteiger charge is -2.21. The Hall–Kier alpha value is -2.03. The van der Waals surface area contributed by atoms with E-state index in [1.807, 2.05) is 41.3 Å². The monoisotopic (exact) mass is 201 g/mol. The first kappa shape index (κ1) is 9.52. The van der Waals surface area contributed by atoms with E-state index in [-0.39, 0.29) is 0 Å². The lowest BCUT2D eigenvalue weighted by atomic mass is 10.2. The van der Waals surface area contributed by atoms with Crippen molar-refractivity contribution >= 4 is 11.7 Å². The van der Waals surface area contributed by atoms with Gasteiger partial charge < -0.3 is 10.0 Å². The van der Waals surface area contributed by atoms with Crippen molar-refractivity contribution in [1.82, 2.24) is 0 Å². The van der Waals surface area contributed by atoms with Gasteiger partial charge in [0.05, 0.1) is 5.57 Å². The van der Waals surface area contributed by atoms with E-state index in [0.29, 0.717) is 12.1 Å². The Morgan fingerprint density at radius 3 is 2.67 bits per heavy atom. The summed E-state index contributed by atoms with van der Waals surface area (Å²) < 4.78 is 0. The Morgan fingerprint density at radius 1 is 1.27 bits per heavy atom. The number of para-hydroxylation sites is 1. The first-order valence-electron chi connectivity index (χ1n) is 4.71. The van der Waals surface area contributed by atoms with Gasteiger partial charge in [-0.15, -0.1) is 0 Å². The predicted molar refractivity (Wildman–Crippen MR) is 58.6 cm³/mol. The fourth-order valence-electron chi connectivity index (χ4n) is 1.48. The quantitative estimate of drug-likeness (QED) is 0.795. The number of carboxylic acids is 1. The molecule has 76 valence electrons. The second kappa shape index (κ2) is 4.00. The summed E-state index contributed by atoms with van der Waals surface area (Å²) >= 11 is 0. The number of carbonyl (C=O) groups is 1. The number of hydrogen-bond acceptors (Lipinski definition) is 2. The Balaban J connectivity index is 2.27. The molecule has 1 aliphatic heterocycles. The molecule has 1 aromatic carbocycles. The lowest BCUT2D eigenvalue weighted by Crippen LogP contribution is -2.21. The molecule has 0 fully saturated rings. The van der Waals surface area contributed by atoms with Crippen LogP contribution in [0.25, 0.3) is 0 Å². The molecular weight excluding hydrogens is 190 g/mol. The predicted octanol–water partition coefficient (Wildman–Crippen LogP) is 2.03. The van der Waals surface area contributed by atoms with E-state index in [1.165, 1.54) is 0 Å². The van der Waals surface area contributed by atoms with Crippen LogP contribution in [-0.2, 0) is 4.79 Å². The third-order valence-electron chi connectivity index (χ3n) is 2.23. The maximum atomic E-state index is 10.8. The van der Waals surface area contributed by atoms with E-state index in [2.05, 4.69) is 0 Å². The molecule has 0 unspecified atom stereocenters. The van der Waals surface area contributed by atoms with Gasteiger partial charge in [-0.3, -0.25) is 0 Å². The molecule has 0 aromatic heterocycles. The zero-order valence-corrected chi connectivity index (χ0v) is 8.13. The third kappa shape index (κ3) is 2.07. The van der Waals surface area contributed by atoms with Crippen LogP contribution in [0.15, 0.2) is 54.3 Å². The summed E-state index contributed by atoms with van der Waals surface area (Å²) in [6.45, 7) is 0.709. The van der Waals surface area contributed by atoms with Crippen molar-refractivity contribution in [3.8, 4) is 0 Å². The Morgan fingerprint density at radius 2 is 2.00 bits per heavy atom. The summed E-state index contributed by atoms with van der Waals surface area (Å²) in [4.78, 5) is 12.7. The molecule has 2 rings (SSSR count). The van der Waals surface area contributed by atoms with E-state index < -0.39 is 5.97 Å². The van der Waals surface area contributed by atoms with Crippen LogP contribution < -0.4 is 4.90 Å². The smallest absolute Gasteiger partial charge is 0.337 e. The maximum absolute atomic E-state index is 10.8. The number of benzene rings is 1. The van der Waals surface area contributed by atoms with Crippen LogP contribution in [-0.4, -0.2) is 17.6 Å². The molecule has 0 saturated carbocycles. The minimum Gasteiger partial charge on any atom is -0.478 e. The largest absolute Gasteiger partial charge is 0.478 e. The van der Waals surface area contributed by atoms with E-state index >= 15 is 0 Å². The summed E-state index contributed by atoms with van der Waals surface area (Å²) in [6.07, 6.45) is 5.12. The second-order valence-electron chi connectivity index (χ2n) is 3.28. The van der Waals surface area contributed by atoms with Crippen LogP contribution in [0.1, 0.15) is 0 Å². The second-order valence-corrected chi connectivity index (χ2v) is 3.28. The molecule has 0 amide bonds. The number of nitrogens with zero attached hydrogens (tertiary/aromatic N) is 1. The van der Waals surface area contributed by atoms with Gasteiger partial charge >= 0.3 is 5.97 Å². The van der Waals surface area contributed by atoms with E-state index in [1.54, 1.807) is 12.3 Å². The van der Waals surface area contributed by atoms with Gasteiger partial charge in [0, 0.05) is 18.4 Å². The molecular formula is C12H11NO2. The van der Waals surface area contributed by atoms with Crippen molar-refractivity contribution in [3.63, 3.8) is 0 Å². The van der Waals surface area contributed by atoms with Crippen molar-refractivity contribution < 1.29 is 9.90 Å². The molecule has 0 spiro atoms. The van der Waals surface area contributed by atoms with E-state index in [0.717, 1.165) is 5.69 Å². The Bertz CT molecular complexity index is 421. The lowest BCUT2D eigenvalue weighted by molar-refractivity contribution is -0.132. The first-order valence-corrected chi connectivity index (χ1v) is 4.71. The van der Waals surface area contributed by atoms with Gasteiger partial charge in [0.2, 0.25) is 0 Å². The fourth-order valence-corrected chi connectivity index (χ4v) is 1.48. The van der Waals surface area contributed by atoms with Gasteiger partial charge in [0.15, 0.2) is 0 Å². The Kier molecular flexibility index (Phi) is 2.54. The van der Waals surface area contributed by atoms with Crippen molar-refractivity contribution in [3.05, 3.63) is 54.3 Å². The van der Waals surface area contributed by atoms with Gasteiger partial charge in [-0.25, -0.2) is 4.79 Å². The summed E-state index contributed by atoms with van der Waals surface area (Å²) in [6, 6.07) is 9.71. The van der Waals surface area contributed by atoms with Gasteiger partial charge in [0.1, 0.15) is 0 Å². The van der Waals surface area contributed by atoms with Crippen LogP contribution in [0.3, 0.4) is 0 Å². The average Bonchev–Trinajstić information content (AvgIpc) is 2.30. The fraction of sp³-hybridized carbons (Fsp3) is 0.0833. The summed E-state index contributed by atoms with van der Waals surface area (Å²) in [5.74, 6) is -0.896. The minimum atomic E-state index is -0.896. The van der Waals surface area contributed by atoms with E-state index in [4.69, 9.17) is 5.11 Å². The zero-order valence-electron chi connectivity index (χ0n) is 8.13. The van der Waals surface area contributed by atoms with Crippen LogP contribution >= 0.6 is 0 Å². The third-order valence-corrected chi connectivity index (χ3v) is 2.23. The highest BCUT2D eigenvalue weighted by Crippen LogP contribution is 2.17. The van der Waals surface area contributed by atoms with Crippen LogP contribution in [0.2, 0.25) is 0 Å². The van der Waals surface area contributed by atoms with Crippen LogP contribution in [0.5, 0.6) is 0 Å².